The second kappa shape index (κ2) is 9.24. The highest BCUT2D eigenvalue weighted by Crippen LogP contribution is 2.40. The van der Waals surface area contributed by atoms with Gasteiger partial charge in [-0.05, 0) is 38.0 Å². The summed E-state index contributed by atoms with van der Waals surface area (Å²) in [6.45, 7) is 4.06. The monoisotopic (exact) mass is 386 g/mol. The first-order chi connectivity index (χ1) is 13.1. The molecule has 1 aromatic heterocycles. The summed E-state index contributed by atoms with van der Waals surface area (Å²) in [5, 5.41) is 3.15. The maximum Gasteiger partial charge on any atom is 0.230 e. The van der Waals surface area contributed by atoms with E-state index in [-0.39, 0.29) is 11.3 Å². The zero-order chi connectivity index (χ0) is 19.1. The molecule has 0 saturated carbocycles. The summed E-state index contributed by atoms with van der Waals surface area (Å²) in [7, 11) is 1.70. The van der Waals surface area contributed by atoms with Gasteiger partial charge in [-0.3, -0.25) is 9.78 Å². The quantitative estimate of drug-likeness (QED) is 0.740. The van der Waals surface area contributed by atoms with Crippen LogP contribution in [0, 0.1) is 6.92 Å². The number of amides is 1. The van der Waals surface area contributed by atoms with Gasteiger partial charge in [0.15, 0.2) is 0 Å². The van der Waals surface area contributed by atoms with Crippen LogP contribution in [-0.2, 0) is 14.9 Å². The molecule has 0 aliphatic carbocycles. The van der Waals surface area contributed by atoms with Gasteiger partial charge >= 0.3 is 0 Å². The number of hydrogen-bond acceptors (Lipinski definition) is 5. The van der Waals surface area contributed by atoms with Crippen LogP contribution in [0.5, 0.6) is 5.75 Å². The van der Waals surface area contributed by atoms with Gasteiger partial charge in [0.1, 0.15) is 5.75 Å². The number of methoxy groups -OCH3 is 1. The van der Waals surface area contributed by atoms with Crippen molar-refractivity contribution in [2.45, 2.75) is 30.1 Å². The van der Waals surface area contributed by atoms with Crippen molar-refractivity contribution in [1.82, 2.24) is 10.3 Å². The summed E-state index contributed by atoms with van der Waals surface area (Å²) in [6, 6.07) is 10.1. The van der Waals surface area contributed by atoms with Crippen LogP contribution in [-0.4, -0.2) is 43.5 Å². The number of benzene rings is 1. The summed E-state index contributed by atoms with van der Waals surface area (Å²) >= 11 is 1.52. The van der Waals surface area contributed by atoms with Crippen molar-refractivity contribution in [2.75, 3.05) is 32.6 Å². The van der Waals surface area contributed by atoms with Crippen molar-refractivity contribution < 1.29 is 14.3 Å². The second-order valence-electron chi connectivity index (χ2n) is 6.84. The van der Waals surface area contributed by atoms with Crippen molar-refractivity contribution in [1.29, 1.82) is 0 Å². The van der Waals surface area contributed by atoms with Crippen LogP contribution >= 0.6 is 11.8 Å². The maximum absolute atomic E-state index is 12.4. The van der Waals surface area contributed by atoms with E-state index in [1.54, 1.807) is 19.5 Å². The predicted molar refractivity (Wildman–Crippen MR) is 107 cm³/mol. The van der Waals surface area contributed by atoms with Crippen LogP contribution in [0.25, 0.3) is 0 Å². The minimum absolute atomic E-state index is 0.0364. The second-order valence-corrected chi connectivity index (χ2v) is 7.89. The molecule has 1 N–H and O–H groups in total. The lowest BCUT2D eigenvalue weighted by atomic mass is 9.73. The smallest absolute Gasteiger partial charge is 0.230 e. The molecule has 0 bridgehead atoms. The Bertz CT molecular complexity index is 761. The Morgan fingerprint density at radius 1 is 1.26 bits per heavy atom. The molecule has 0 radical (unpaired) electrons. The number of aromatic nitrogens is 1. The highest BCUT2D eigenvalue weighted by Gasteiger charge is 2.37. The first-order valence-corrected chi connectivity index (χ1v) is 10.1. The van der Waals surface area contributed by atoms with Gasteiger partial charge in [-0.15, -0.1) is 11.8 Å². The molecule has 0 atom stereocenters. The average Bonchev–Trinajstić information content (AvgIpc) is 2.72. The summed E-state index contributed by atoms with van der Waals surface area (Å²) in [5.74, 6) is 1.30. The average molecular weight is 387 g/mol. The molecule has 3 rings (SSSR count). The lowest BCUT2D eigenvalue weighted by Gasteiger charge is -2.38. The number of thioether (sulfide) groups is 1. The van der Waals surface area contributed by atoms with Crippen LogP contribution in [0.3, 0.4) is 0 Å². The van der Waals surface area contributed by atoms with E-state index >= 15 is 0 Å². The number of nitrogens with zero attached hydrogens (tertiary/aromatic N) is 1. The Labute approximate surface area is 164 Å². The predicted octanol–water partition coefficient (Wildman–Crippen LogP) is 3.36. The van der Waals surface area contributed by atoms with E-state index in [9.17, 15) is 4.79 Å². The number of aryl methyl sites for hydroxylation is 1. The van der Waals surface area contributed by atoms with Crippen molar-refractivity contribution in [2.24, 2.45) is 0 Å². The molecule has 1 aliphatic rings. The zero-order valence-corrected chi connectivity index (χ0v) is 16.7. The van der Waals surface area contributed by atoms with E-state index in [1.165, 1.54) is 17.3 Å². The molecule has 5 nitrogen and oxygen atoms in total. The third-order valence-corrected chi connectivity index (χ3v) is 6.03. The molecule has 0 spiro atoms. The fourth-order valence-electron chi connectivity index (χ4n) is 3.44. The van der Waals surface area contributed by atoms with Crippen LogP contribution in [0.15, 0.2) is 47.6 Å². The van der Waals surface area contributed by atoms with Crippen LogP contribution < -0.4 is 10.1 Å². The maximum atomic E-state index is 12.4. The number of pyridine rings is 1. The highest BCUT2D eigenvalue weighted by atomic mass is 32.2. The molecule has 2 heterocycles. The lowest BCUT2D eigenvalue weighted by molar-refractivity contribution is -0.119. The molecule has 1 aliphatic heterocycles. The molecule has 6 heteroatoms. The summed E-state index contributed by atoms with van der Waals surface area (Å²) in [5.41, 5.74) is 2.19. The van der Waals surface area contributed by atoms with Gasteiger partial charge in [-0.2, -0.15) is 0 Å². The number of carbonyl (C=O) groups excluding carboxylic acids is 1. The Kier molecular flexibility index (Phi) is 6.74. The molecule has 1 saturated heterocycles. The molecule has 27 heavy (non-hydrogen) atoms. The SMILES string of the molecule is COc1ccc(C)cc1C1(CNC(=O)CSc2ccncc2)CCOCC1. The van der Waals surface area contributed by atoms with Gasteiger partial charge < -0.3 is 14.8 Å². The van der Waals surface area contributed by atoms with Crippen molar-refractivity contribution in [3.63, 3.8) is 0 Å². The fourth-order valence-corrected chi connectivity index (χ4v) is 4.16. The zero-order valence-electron chi connectivity index (χ0n) is 15.9. The van der Waals surface area contributed by atoms with E-state index < -0.39 is 0 Å². The van der Waals surface area contributed by atoms with Gasteiger partial charge in [0.25, 0.3) is 0 Å². The molecule has 1 amide bonds. The minimum atomic E-state index is -0.160. The van der Waals surface area contributed by atoms with Crippen LogP contribution in [0.1, 0.15) is 24.0 Å². The summed E-state index contributed by atoms with van der Waals surface area (Å²) in [6.07, 6.45) is 5.21. The molecule has 1 aromatic carbocycles. The molecule has 144 valence electrons. The topological polar surface area (TPSA) is 60.5 Å². The number of carbonyl (C=O) groups is 1. The first-order valence-electron chi connectivity index (χ1n) is 9.15. The largest absolute Gasteiger partial charge is 0.496 e. The van der Waals surface area contributed by atoms with E-state index in [1.807, 2.05) is 18.2 Å². The lowest BCUT2D eigenvalue weighted by Crippen LogP contribution is -2.45. The molecule has 0 unspecified atom stereocenters. The Balaban J connectivity index is 1.70. The van der Waals surface area contributed by atoms with Crippen molar-refractivity contribution in [3.8, 4) is 5.75 Å². The number of rotatable bonds is 7. The molecule has 1 fully saturated rings. The van der Waals surface area contributed by atoms with Gasteiger partial charge in [0, 0.05) is 48.0 Å². The number of ether oxygens (including phenoxy) is 2. The molecular weight excluding hydrogens is 360 g/mol. The standard InChI is InChI=1S/C21H26N2O3S/c1-16-3-4-19(25-2)18(13-16)21(7-11-26-12-8-21)15-23-20(24)14-27-17-5-9-22-10-6-17/h3-6,9-10,13H,7-8,11-12,14-15H2,1-2H3,(H,23,24). The van der Waals surface area contributed by atoms with E-state index in [2.05, 4.69) is 29.4 Å². The fraction of sp³-hybridized carbons (Fsp3) is 0.429. The number of nitrogens with one attached hydrogen (secondary N) is 1. The van der Waals surface area contributed by atoms with Crippen LogP contribution in [0.4, 0.5) is 0 Å². The van der Waals surface area contributed by atoms with Gasteiger partial charge in [-0.25, -0.2) is 0 Å². The summed E-state index contributed by atoms with van der Waals surface area (Å²) in [4.78, 5) is 17.5. The normalized spacial score (nSPS) is 15.9. The Morgan fingerprint density at radius 2 is 2.00 bits per heavy atom. The van der Waals surface area contributed by atoms with Crippen molar-refractivity contribution >= 4 is 17.7 Å². The van der Waals surface area contributed by atoms with Crippen molar-refractivity contribution in [3.05, 3.63) is 53.9 Å². The molecular formula is C21H26N2O3S. The van der Waals surface area contributed by atoms with Crippen LogP contribution in [0.2, 0.25) is 0 Å². The Hall–Kier alpha value is -2.05. The third-order valence-electron chi connectivity index (χ3n) is 5.02. The number of hydrogen-bond donors (Lipinski definition) is 1. The Morgan fingerprint density at radius 3 is 2.70 bits per heavy atom. The third kappa shape index (κ3) is 5.02. The summed E-state index contributed by atoms with van der Waals surface area (Å²) < 4.78 is 11.2. The first kappa shape index (κ1) is 19.7. The van der Waals surface area contributed by atoms with Gasteiger partial charge in [-0.1, -0.05) is 17.7 Å². The van der Waals surface area contributed by atoms with Gasteiger partial charge in [0.2, 0.25) is 5.91 Å². The molecule has 2 aromatic rings. The highest BCUT2D eigenvalue weighted by molar-refractivity contribution is 8.00. The van der Waals surface area contributed by atoms with E-state index in [0.717, 1.165) is 29.1 Å². The van der Waals surface area contributed by atoms with E-state index in [0.29, 0.717) is 25.5 Å². The van der Waals surface area contributed by atoms with E-state index in [4.69, 9.17) is 9.47 Å². The van der Waals surface area contributed by atoms with Gasteiger partial charge in [0.05, 0.1) is 12.9 Å². The minimum Gasteiger partial charge on any atom is -0.496 e.